The van der Waals surface area contributed by atoms with E-state index in [1.807, 2.05) is 31.3 Å². The standard InChI is InChI=1S/C19H29N3O3/c1-20-18(22-9-6-19(14-22)7-10-25-15-19)21-8-11-24-13-16-4-3-5-17(12-16)23-2/h3-5,12H,6-11,13-15H2,1-2H3,(H,20,21). The predicted molar refractivity (Wildman–Crippen MR) is 98.1 cm³/mol. The lowest BCUT2D eigenvalue weighted by Gasteiger charge is -2.24. The minimum Gasteiger partial charge on any atom is -0.497 e. The van der Waals surface area contributed by atoms with Crippen LogP contribution in [0.1, 0.15) is 18.4 Å². The summed E-state index contributed by atoms with van der Waals surface area (Å²) in [5, 5.41) is 3.41. The Morgan fingerprint density at radius 3 is 3.08 bits per heavy atom. The highest BCUT2D eigenvalue weighted by Crippen LogP contribution is 2.38. The van der Waals surface area contributed by atoms with E-state index in [-0.39, 0.29) is 0 Å². The van der Waals surface area contributed by atoms with Crippen LogP contribution in [0.15, 0.2) is 29.3 Å². The first-order valence-electron chi connectivity index (χ1n) is 8.99. The minimum absolute atomic E-state index is 0.348. The van der Waals surface area contributed by atoms with Gasteiger partial charge in [-0.05, 0) is 30.5 Å². The number of likely N-dealkylation sites (tertiary alicyclic amines) is 1. The zero-order valence-corrected chi connectivity index (χ0v) is 15.3. The second-order valence-electron chi connectivity index (χ2n) is 6.85. The molecule has 1 spiro atoms. The molecule has 2 fully saturated rings. The van der Waals surface area contributed by atoms with Crippen LogP contribution in [-0.4, -0.2) is 64.5 Å². The van der Waals surface area contributed by atoms with Crippen molar-refractivity contribution in [3.8, 4) is 5.75 Å². The molecule has 0 aliphatic carbocycles. The van der Waals surface area contributed by atoms with Gasteiger partial charge in [0.15, 0.2) is 5.96 Å². The smallest absolute Gasteiger partial charge is 0.193 e. The zero-order chi connectivity index (χ0) is 17.5. The van der Waals surface area contributed by atoms with Crippen LogP contribution in [0.25, 0.3) is 0 Å². The second-order valence-corrected chi connectivity index (χ2v) is 6.85. The zero-order valence-electron chi connectivity index (χ0n) is 15.3. The molecular formula is C19H29N3O3. The maximum Gasteiger partial charge on any atom is 0.193 e. The van der Waals surface area contributed by atoms with Gasteiger partial charge < -0.3 is 24.4 Å². The first kappa shape index (κ1) is 18.0. The number of ether oxygens (including phenoxy) is 3. The van der Waals surface area contributed by atoms with E-state index in [2.05, 4.69) is 15.2 Å². The number of nitrogens with zero attached hydrogens (tertiary/aromatic N) is 2. The third-order valence-electron chi connectivity index (χ3n) is 5.07. The fourth-order valence-corrected chi connectivity index (χ4v) is 3.61. The van der Waals surface area contributed by atoms with E-state index in [4.69, 9.17) is 14.2 Å². The summed E-state index contributed by atoms with van der Waals surface area (Å²) in [5.41, 5.74) is 1.46. The van der Waals surface area contributed by atoms with Gasteiger partial charge in [0.25, 0.3) is 0 Å². The number of hydrogen-bond donors (Lipinski definition) is 1. The van der Waals surface area contributed by atoms with E-state index in [0.717, 1.165) is 50.1 Å². The van der Waals surface area contributed by atoms with Crippen LogP contribution in [0.2, 0.25) is 0 Å². The van der Waals surface area contributed by atoms with Crippen molar-refractivity contribution in [1.29, 1.82) is 0 Å². The molecule has 1 aromatic carbocycles. The summed E-state index contributed by atoms with van der Waals surface area (Å²) in [5.74, 6) is 1.83. The third kappa shape index (κ3) is 4.64. The molecule has 0 bridgehead atoms. The Labute approximate surface area is 150 Å². The first-order chi connectivity index (χ1) is 12.2. The minimum atomic E-state index is 0.348. The van der Waals surface area contributed by atoms with Crippen LogP contribution in [0.3, 0.4) is 0 Å². The van der Waals surface area contributed by atoms with E-state index in [0.29, 0.717) is 18.6 Å². The number of guanidine groups is 1. The molecule has 25 heavy (non-hydrogen) atoms. The Kier molecular flexibility index (Phi) is 6.15. The lowest BCUT2D eigenvalue weighted by Crippen LogP contribution is -2.42. The molecular weight excluding hydrogens is 318 g/mol. The third-order valence-corrected chi connectivity index (χ3v) is 5.07. The summed E-state index contributed by atoms with van der Waals surface area (Å²) < 4.78 is 16.6. The molecule has 2 aliphatic rings. The average molecular weight is 347 g/mol. The topological polar surface area (TPSA) is 55.3 Å². The molecule has 2 aliphatic heterocycles. The molecule has 6 nitrogen and oxygen atoms in total. The molecule has 1 N–H and O–H groups in total. The summed E-state index contributed by atoms with van der Waals surface area (Å²) in [6, 6.07) is 7.96. The van der Waals surface area contributed by atoms with Crippen LogP contribution in [0.5, 0.6) is 5.75 Å². The molecule has 138 valence electrons. The average Bonchev–Trinajstić information content (AvgIpc) is 3.28. The fraction of sp³-hybridized carbons (Fsp3) is 0.632. The van der Waals surface area contributed by atoms with E-state index in [1.54, 1.807) is 7.11 Å². The highest BCUT2D eigenvalue weighted by atomic mass is 16.5. The number of hydrogen-bond acceptors (Lipinski definition) is 4. The molecule has 0 saturated carbocycles. The predicted octanol–water partition coefficient (Wildman–Crippen LogP) is 1.90. The monoisotopic (exact) mass is 347 g/mol. The van der Waals surface area contributed by atoms with E-state index < -0.39 is 0 Å². The molecule has 6 heteroatoms. The quantitative estimate of drug-likeness (QED) is 0.484. The van der Waals surface area contributed by atoms with Crippen molar-refractivity contribution < 1.29 is 14.2 Å². The van der Waals surface area contributed by atoms with Crippen LogP contribution < -0.4 is 10.1 Å². The summed E-state index contributed by atoms with van der Waals surface area (Å²) in [6.07, 6.45) is 2.37. The van der Waals surface area contributed by atoms with Gasteiger partial charge in [-0.15, -0.1) is 0 Å². The molecule has 0 aromatic heterocycles. The van der Waals surface area contributed by atoms with Crippen LogP contribution >= 0.6 is 0 Å². The van der Waals surface area contributed by atoms with E-state index in [1.165, 1.54) is 12.8 Å². The van der Waals surface area contributed by atoms with Gasteiger partial charge in [-0.1, -0.05) is 12.1 Å². The van der Waals surface area contributed by atoms with Crippen molar-refractivity contribution in [3.63, 3.8) is 0 Å². The SMILES string of the molecule is CN=C(NCCOCc1cccc(OC)c1)N1CCC2(CCOC2)C1. The molecule has 3 rings (SSSR count). The molecule has 0 radical (unpaired) electrons. The van der Waals surface area contributed by atoms with Crippen molar-refractivity contribution in [2.75, 3.05) is 53.6 Å². The lowest BCUT2D eigenvalue weighted by molar-refractivity contribution is 0.124. The van der Waals surface area contributed by atoms with Crippen molar-refractivity contribution in [2.45, 2.75) is 19.4 Å². The number of methoxy groups -OCH3 is 1. The Bertz CT molecular complexity index is 585. The number of nitrogens with one attached hydrogen (secondary N) is 1. The molecule has 1 atom stereocenters. The van der Waals surface area contributed by atoms with Crippen LogP contribution in [0.4, 0.5) is 0 Å². The van der Waals surface area contributed by atoms with Gasteiger partial charge in [0, 0.05) is 38.7 Å². The molecule has 1 aromatic rings. The van der Waals surface area contributed by atoms with Gasteiger partial charge in [0.2, 0.25) is 0 Å². The van der Waals surface area contributed by atoms with Gasteiger partial charge in [-0.2, -0.15) is 0 Å². The fourth-order valence-electron chi connectivity index (χ4n) is 3.61. The summed E-state index contributed by atoms with van der Waals surface area (Å²) in [6.45, 7) is 5.85. The molecule has 2 saturated heterocycles. The molecule has 1 unspecified atom stereocenters. The van der Waals surface area contributed by atoms with Gasteiger partial charge in [0.05, 0.1) is 26.9 Å². The van der Waals surface area contributed by atoms with Crippen molar-refractivity contribution in [1.82, 2.24) is 10.2 Å². The largest absolute Gasteiger partial charge is 0.497 e. The normalized spacial score (nSPS) is 23.4. The molecule has 2 heterocycles. The van der Waals surface area contributed by atoms with Gasteiger partial charge in [0.1, 0.15) is 5.75 Å². The number of rotatable bonds is 6. The molecule has 0 amide bonds. The van der Waals surface area contributed by atoms with Gasteiger partial charge in [-0.3, -0.25) is 4.99 Å². The maximum atomic E-state index is 5.76. The van der Waals surface area contributed by atoms with E-state index >= 15 is 0 Å². The van der Waals surface area contributed by atoms with Crippen molar-refractivity contribution in [3.05, 3.63) is 29.8 Å². The first-order valence-corrected chi connectivity index (χ1v) is 8.99. The van der Waals surface area contributed by atoms with Crippen molar-refractivity contribution in [2.24, 2.45) is 10.4 Å². The maximum absolute atomic E-state index is 5.76. The van der Waals surface area contributed by atoms with Crippen LogP contribution in [0, 0.1) is 5.41 Å². The van der Waals surface area contributed by atoms with Gasteiger partial charge in [-0.25, -0.2) is 0 Å². The summed E-state index contributed by atoms with van der Waals surface area (Å²) in [4.78, 5) is 6.77. The highest BCUT2D eigenvalue weighted by Gasteiger charge is 2.42. The number of benzene rings is 1. The Balaban J connectivity index is 1.37. The van der Waals surface area contributed by atoms with Crippen molar-refractivity contribution >= 4 is 5.96 Å². The Morgan fingerprint density at radius 2 is 2.32 bits per heavy atom. The number of aliphatic imine (C=N–C) groups is 1. The lowest BCUT2D eigenvalue weighted by atomic mass is 9.87. The van der Waals surface area contributed by atoms with Gasteiger partial charge >= 0.3 is 0 Å². The summed E-state index contributed by atoms with van der Waals surface area (Å²) in [7, 11) is 3.52. The second kappa shape index (κ2) is 8.54. The summed E-state index contributed by atoms with van der Waals surface area (Å²) >= 11 is 0. The Hall–Kier alpha value is -1.79. The highest BCUT2D eigenvalue weighted by molar-refractivity contribution is 5.80. The Morgan fingerprint density at radius 1 is 1.40 bits per heavy atom. The van der Waals surface area contributed by atoms with Crippen LogP contribution in [-0.2, 0) is 16.1 Å². The van der Waals surface area contributed by atoms with E-state index in [9.17, 15) is 0 Å².